The van der Waals surface area contributed by atoms with Gasteiger partial charge in [-0.25, -0.2) is 4.79 Å². The Bertz CT molecular complexity index is 625. The summed E-state index contributed by atoms with van der Waals surface area (Å²) in [6.45, 7) is 9.84. The van der Waals surface area contributed by atoms with Gasteiger partial charge in [-0.2, -0.15) is 0 Å². The minimum atomic E-state index is -0.462. The molecule has 0 bridgehead atoms. The second-order valence-electron chi connectivity index (χ2n) is 8.30. The Balaban J connectivity index is 1.60. The van der Waals surface area contributed by atoms with Crippen LogP contribution in [0.3, 0.4) is 0 Å². The molecule has 2 rings (SSSR count). The number of guanidine groups is 1. The molecule has 1 aromatic heterocycles. The van der Waals surface area contributed by atoms with Gasteiger partial charge in [0.05, 0.1) is 6.26 Å². The number of hydrogen-bond acceptors (Lipinski definition) is 5. The van der Waals surface area contributed by atoms with Crippen LogP contribution in [0.1, 0.15) is 45.8 Å². The molecule has 1 aliphatic rings. The Labute approximate surface area is 174 Å². The Morgan fingerprint density at radius 2 is 2.21 bits per heavy atom. The molecule has 8 heteroatoms. The van der Waals surface area contributed by atoms with Crippen LogP contribution in [0.4, 0.5) is 4.79 Å². The van der Waals surface area contributed by atoms with Crippen molar-refractivity contribution in [1.29, 1.82) is 0 Å². The summed E-state index contributed by atoms with van der Waals surface area (Å²) in [4.78, 5) is 18.4. The van der Waals surface area contributed by atoms with Gasteiger partial charge in [-0.3, -0.25) is 4.99 Å². The molecule has 2 N–H and O–H groups in total. The number of amides is 1. The van der Waals surface area contributed by atoms with Crippen LogP contribution >= 0.6 is 0 Å². The van der Waals surface area contributed by atoms with E-state index in [2.05, 4.69) is 15.6 Å². The highest BCUT2D eigenvalue weighted by Crippen LogP contribution is 2.18. The molecule has 0 saturated carbocycles. The Hall–Kier alpha value is -2.22. The molecule has 1 unspecified atom stereocenters. The number of likely N-dealkylation sites (tertiary alicyclic amines) is 1. The number of nitrogens with one attached hydrogen (secondary N) is 2. The number of carbonyl (C=O) groups is 1. The summed E-state index contributed by atoms with van der Waals surface area (Å²) in [5.41, 5.74) is -0.462. The van der Waals surface area contributed by atoms with Crippen molar-refractivity contribution < 1.29 is 18.7 Å². The number of carbonyl (C=O) groups excluding carboxylic acids is 1. The third kappa shape index (κ3) is 9.21. The van der Waals surface area contributed by atoms with Crippen LogP contribution < -0.4 is 10.6 Å². The van der Waals surface area contributed by atoms with Crippen LogP contribution in [0.15, 0.2) is 27.8 Å². The van der Waals surface area contributed by atoms with Crippen LogP contribution in [-0.4, -0.2) is 62.4 Å². The van der Waals surface area contributed by atoms with E-state index in [9.17, 15) is 4.79 Å². The first-order valence-electron chi connectivity index (χ1n) is 10.4. The molecule has 0 aliphatic carbocycles. The van der Waals surface area contributed by atoms with Gasteiger partial charge in [-0.15, -0.1) is 0 Å². The molecule has 0 spiro atoms. The van der Waals surface area contributed by atoms with Crippen molar-refractivity contribution in [3.63, 3.8) is 0 Å². The number of piperidine rings is 1. The Morgan fingerprint density at radius 1 is 1.38 bits per heavy atom. The first kappa shape index (κ1) is 23.1. The van der Waals surface area contributed by atoms with Gasteiger partial charge >= 0.3 is 6.09 Å². The van der Waals surface area contributed by atoms with E-state index >= 15 is 0 Å². The summed E-state index contributed by atoms with van der Waals surface area (Å²) in [6, 6.07) is 3.76. The predicted molar refractivity (Wildman–Crippen MR) is 113 cm³/mol. The van der Waals surface area contributed by atoms with Crippen molar-refractivity contribution in [3.8, 4) is 0 Å². The van der Waals surface area contributed by atoms with Gasteiger partial charge in [0.1, 0.15) is 18.0 Å². The van der Waals surface area contributed by atoms with Crippen molar-refractivity contribution in [1.82, 2.24) is 15.5 Å². The summed E-state index contributed by atoms with van der Waals surface area (Å²) >= 11 is 0. The normalized spacial score (nSPS) is 17.9. The summed E-state index contributed by atoms with van der Waals surface area (Å²) in [5.74, 6) is 1.99. The second kappa shape index (κ2) is 11.7. The average molecular weight is 409 g/mol. The summed E-state index contributed by atoms with van der Waals surface area (Å²) in [5, 5.41) is 6.66. The number of hydrogen-bond donors (Lipinski definition) is 2. The molecule has 0 aromatic carbocycles. The fourth-order valence-corrected chi connectivity index (χ4v) is 3.13. The van der Waals surface area contributed by atoms with E-state index in [-0.39, 0.29) is 6.09 Å². The van der Waals surface area contributed by atoms with Gasteiger partial charge in [-0.1, -0.05) is 0 Å². The van der Waals surface area contributed by atoms with Crippen LogP contribution in [0.2, 0.25) is 0 Å². The first-order valence-corrected chi connectivity index (χ1v) is 10.4. The maximum absolute atomic E-state index is 12.3. The quantitative estimate of drug-likeness (QED) is 0.391. The van der Waals surface area contributed by atoms with Gasteiger partial charge in [0, 0.05) is 39.8 Å². The summed E-state index contributed by atoms with van der Waals surface area (Å²) < 4.78 is 16.3. The predicted octanol–water partition coefficient (Wildman–Crippen LogP) is 3.00. The molecule has 29 heavy (non-hydrogen) atoms. The van der Waals surface area contributed by atoms with E-state index < -0.39 is 5.60 Å². The molecular formula is C21H36N4O4. The molecule has 164 valence electrons. The molecular weight excluding hydrogens is 372 g/mol. The third-order valence-corrected chi connectivity index (χ3v) is 4.53. The lowest BCUT2D eigenvalue weighted by molar-refractivity contribution is 0.0168. The van der Waals surface area contributed by atoms with Gasteiger partial charge in [0.15, 0.2) is 5.96 Å². The molecule has 1 amide bonds. The molecule has 0 radical (unpaired) electrons. The molecule has 1 saturated heterocycles. The monoisotopic (exact) mass is 408 g/mol. The zero-order valence-corrected chi connectivity index (χ0v) is 18.2. The highest BCUT2D eigenvalue weighted by Gasteiger charge is 2.27. The highest BCUT2D eigenvalue weighted by molar-refractivity contribution is 5.79. The Morgan fingerprint density at radius 3 is 2.90 bits per heavy atom. The third-order valence-electron chi connectivity index (χ3n) is 4.53. The van der Waals surface area contributed by atoms with E-state index in [1.54, 1.807) is 13.3 Å². The maximum atomic E-state index is 12.3. The van der Waals surface area contributed by atoms with Gasteiger partial charge in [-0.05, 0) is 58.1 Å². The summed E-state index contributed by atoms with van der Waals surface area (Å²) in [6.07, 6.45) is 4.38. The highest BCUT2D eigenvalue weighted by atomic mass is 16.6. The van der Waals surface area contributed by atoms with Crippen molar-refractivity contribution in [2.24, 2.45) is 10.9 Å². The van der Waals surface area contributed by atoms with Gasteiger partial charge in [0.2, 0.25) is 0 Å². The number of nitrogens with zero attached hydrogens (tertiary/aromatic N) is 2. The van der Waals surface area contributed by atoms with E-state index in [1.165, 1.54) is 0 Å². The first-order chi connectivity index (χ1) is 13.9. The van der Waals surface area contributed by atoms with Crippen LogP contribution in [0, 0.1) is 5.92 Å². The molecule has 1 aromatic rings. The van der Waals surface area contributed by atoms with Crippen molar-refractivity contribution >= 4 is 12.1 Å². The number of rotatable bonds is 8. The van der Waals surface area contributed by atoms with E-state index in [4.69, 9.17) is 13.9 Å². The number of furan rings is 1. The summed E-state index contributed by atoms with van der Waals surface area (Å²) in [7, 11) is 1.76. The largest absolute Gasteiger partial charge is 0.467 e. The fraction of sp³-hybridized carbons (Fsp3) is 0.714. The average Bonchev–Trinajstić information content (AvgIpc) is 3.19. The van der Waals surface area contributed by atoms with Crippen molar-refractivity contribution in [3.05, 3.63) is 24.2 Å². The smallest absolute Gasteiger partial charge is 0.410 e. The maximum Gasteiger partial charge on any atom is 0.410 e. The zero-order valence-electron chi connectivity index (χ0n) is 18.2. The van der Waals surface area contributed by atoms with Crippen LogP contribution in [-0.2, 0) is 16.1 Å². The minimum Gasteiger partial charge on any atom is -0.467 e. The lowest BCUT2D eigenvalue weighted by Gasteiger charge is -2.34. The number of aliphatic imine (C=N–C) groups is 1. The SMILES string of the molecule is CN=C(NCCCOCc1ccco1)NCC1CCCN(C(=O)OC(C)(C)C)C1. The van der Waals surface area contributed by atoms with Crippen LogP contribution in [0.25, 0.3) is 0 Å². The topological polar surface area (TPSA) is 88.3 Å². The van der Waals surface area contributed by atoms with Gasteiger partial charge in [0.25, 0.3) is 0 Å². The fourth-order valence-electron chi connectivity index (χ4n) is 3.13. The molecule has 8 nitrogen and oxygen atoms in total. The molecule has 1 atom stereocenters. The molecule has 2 heterocycles. The Kier molecular flexibility index (Phi) is 9.31. The second-order valence-corrected chi connectivity index (χ2v) is 8.30. The lowest BCUT2D eigenvalue weighted by Crippen LogP contribution is -2.47. The minimum absolute atomic E-state index is 0.223. The molecule has 1 fully saturated rings. The van der Waals surface area contributed by atoms with Crippen molar-refractivity contribution in [2.45, 2.75) is 52.2 Å². The van der Waals surface area contributed by atoms with E-state index in [1.807, 2.05) is 37.8 Å². The lowest BCUT2D eigenvalue weighted by atomic mass is 9.98. The van der Waals surface area contributed by atoms with E-state index in [0.29, 0.717) is 25.7 Å². The standard InChI is InChI=1S/C21H36N4O4/c1-21(2,3)29-20(26)25-11-5-8-17(15-25)14-24-19(22-4)23-10-7-12-27-16-18-9-6-13-28-18/h6,9,13,17H,5,7-8,10-12,14-16H2,1-4H3,(H2,22,23,24). The zero-order chi connectivity index (χ0) is 21.1. The van der Waals surface area contributed by atoms with Crippen LogP contribution in [0.5, 0.6) is 0 Å². The number of ether oxygens (including phenoxy) is 2. The van der Waals surface area contributed by atoms with Gasteiger partial charge < -0.3 is 29.4 Å². The van der Waals surface area contributed by atoms with E-state index in [0.717, 1.165) is 50.6 Å². The van der Waals surface area contributed by atoms with Crippen molar-refractivity contribution in [2.75, 3.05) is 39.8 Å². The molecule has 1 aliphatic heterocycles.